The molecule has 0 fully saturated rings. The molecule has 5 N–H and O–H groups in total. The SMILES string of the molecule is I.NC(N)=NCC(O)COc1cccc(Cl)c1Cl. The van der Waals surface area contributed by atoms with Crippen molar-refractivity contribution in [2.24, 2.45) is 16.5 Å². The van der Waals surface area contributed by atoms with Crippen molar-refractivity contribution < 1.29 is 9.84 Å². The largest absolute Gasteiger partial charge is 0.489 e. The highest BCUT2D eigenvalue weighted by Gasteiger charge is 2.08. The fourth-order valence-corrected chi connectivity index (χ4v) is 1.39. The summed E-state index contributed by atoms with van der Waals surface area (Å²) in [5.41, 5.74) is 10.3. The average molecular weight is 406 g/mol. The molecule has 0 aliphatic carbocycles. The molecule has 0 aliphatic heterocycles. The van der Waals surface area contributed by atoms with Gasteiger partial charge in [-0.1, -0.05) is 29.3 Å². The number of benzene rings is 1. The number of rotatable bonds is 5. The highest BCUT2D eigenvalue weighted by molar-refractivity contribution is 14.0. The van der Waals surface area contributed by atoms with Gasteiger partial charge in [0.15, 0.2) is 5.96 Å². The van der Waals surface area contributed by atoms with Gasteiger partial charge in [0.25, 0.3) is 0 Å². The first-order valence-electron chi connectivity index (χ1n) is 4.81. The molecule has 1 rings (SSSR count). The zero-order chi connectivity index (χ0) is 12.8. The Kier molecular flexibility index (Phi) is 8.41. The van der Waals surface area contributed by atoms with Gasteiger partial charge in [-0.2, -0.15) is 0 Å². The monoisotopic (exact) mass is 405 g/mol. The lowest BCUT2D eigenvalue weighted by Crippen LogP contribution is -2.27. The van der Waals surface area contributed by atoms with Gasteiger partial charge in [-0.3, -0.25) is 4.99 Å². The van der Waals surface area contributed by atoms with Crippen molar-refractivity contribution >= 4 is 53.1 Å². The summed E-state index contributed by atoms with van der Waals surface area (Å²) < 4.78 is 5.29. The predicted molar refractivity (Wildman–Crippen MR) is 84.1 cm³/mol. The Labute approximate surface area is 132 Å². The number of nitrogens with two attached hydrogens (primary N) is 2. The molecule has 0 amide bonds. The maximum Gasteiger partial charge on any atom is 0.186 e. The van der Waals surface area contributed by atoms with E-state index in [-0.39, 0.29) is 43.1 Å². The average Bonchev–Trinajstić information content (AvgIpc) is 2.28. The van der Waals surface area contributed by atoms with E-state index < -0.39 is 6.10 Å². The lowest BCUT2D eigenvalue weighted by Gasteiger charge is -2.12. The fraction of sp³-hybridized carbons (Fsp3) is 0.300. The van der Waals surface area contributed by atoms with Crippen molar-refractivity contribution in [1.82, 2.24) is 0 Å². The molecule has 0 saturated heterocycles. The van der Waals surface area contributed by atoms with Crippen LogP contribution in [0, 0.1) is 0 Å². The van der Waals surface area contributed by atoms with Crippen LogP contribution in [0.3, 0.4) is 0 Å². The molecule has 0 aliphatic rings. The second kappa shape index (κ2) is 8.63. The summed E-state index contributed by atoms with van der Waals surface area (Å²) in [6, 6.07) is 5.00. The Morgan fingerprint density at radius 1 is 1.39 bits per heavy atom. The van der Waals surface area contributed by atoms with Crippen molar-refractivity contribution in [2.45, 2.75) is 6.10 Å². The number of aliphatic imine (C=N–C) groups is 1. The van der Waals surface area contributed by atoms with Crippen LogP contribution in [0.2, 0.25) is 10.0 Å². The third-order valence-electron chi connectivity index (χ3n) is 1.83. The molecule has 0 heterocycles. The number of hydrogen-bond donors (Lipinski definition) is 3. The van der Waals surface area contributed by atoms with E-state index in [4.69, 9.17) is 39.4 Å². The molecule has 1 unspecified atom stereocenters. The van der Waals surface area contributed by atoms with E-state index in [1.807, 2.05) is 0 Å². The first kappa shape index (κ1) is 17.6. The van der Waals surface area contributed by atoms with E-state index in [2.05, 4.69) is 4.99 Å². The van der Waals surface area contributed by atoms with Gasteiger partial charge in [0, 0.05) is 0 Å². The minimum Gasteiger partial charge on any atom is -0.489 e. The predicted octanol–water partition coefficient (Wildman–Crippen LogP) is 1.62. The van der Waals surface area contributed by atoms with Crippen LogP contribution in [0.25, 0.3) is 0 Å². The standard InChI is InChI=1S/C10H13Cl2N3O2.HI/c11-7-2-1-3-8(9(7)12)17-5-6(16)4-15-10(13)14;/h1-3,6,16H,4-5H2,(H4,13,14,15);1H. The molecular formula is C10H14Cl2IN3O2. The van der Waals surface area contributed by atoms with E-state index in [1.165, 1.54) is 0 Å². The zero-order valence-electron chi connectivity index (χ0n) is 9.35. The van der Waals surface area contributed by atoms with Crippen molar-refractivity contribution in [3.63, 3.8) is 0 Å². The first-order valence-corrected chi connectivity index (χ1v) is 5.56. The molecule has 5 nitrogen and oxygen atoms in total. The fourth-order valence-electron chi connectivity index (χ4n) is 1.04. The van der Waals surface area contributed by atoms with Crippen LogP contribution in [0.4, 0.5) is 0 Å². The zero-order valence-corrected chi connectivity index (χ0v) is 13.2. The summed E-state index contributed by atoms with van der Waals surface area (Å²) in [6.07, 6.45) is -0.813. The van der Waals surface area contributed by atoms with Crippen LogP contribution in [-0.2, 0) is 0 Å². The summed E-state index contributed by atoms with van der Waals surface area (Å²) in [4.78, 5) is 3.66. The van der Waals surface area contributed by atoms with Crippen LogP contribution in [-0.4, -0.2) is 30.3 Å². The quantitative estimate of drug-likeness (QED) is 0.394. The van der Waals surface area contributed by atoms with Gasteiger partial charge in [0.05, 0.1) is 11.6 Å². The number of aliphatic hydroxyl groups is 1. The molecule has 18 heavy (non-hydrogen) atoms. The molecule has 0 spiro atoms. The van der Waals surface area contributed by atoms with Gasteiger partial charge in [0.1, 0.15) is 23.5 Å². The normalized spacial score (nSPS) is 11.3. The van der Waals surface area contributed by atoms with Gasteiger partial charge in [-0.05, 0) is 12.1 Å². The van der Waals surface area contributed by atoms with Crippen LogP contribution in [0.5, 0.6) is 5.75 Å². The van der Waals surface area contributed by atoms with Crippen LogP contribution in [0.15, 0.2) is 23.2 Å². The molecule has 0 radical (unpaired) electrons. The third kappa shape index (κ3) is 5.94. The second-order valence-corrected chi connectivity index (χ2v) is 4.07. The molecule has 8 heteroatoms. The lowest BCUT2D eigenvalue weighted by molar-refractivity contribution is 0.114. The van der Waals surface area contributed by atoms with Crippen molar-refractivity contribution in [1.29, 1.82) is 0 Å². The van der Waals surface area contributed by atoms with Gasteiger partial charge < -0.3 is 21.3 Å². The minimum absolute atomic E-state index is 0. The Hall–Kier alpha value is -0.440. The number of aliphatic hydroxyl groups excluding tert-OH is 1. The van der Waals surface area contributed by atoms with Crippen LogP contribution < -0.4 is 16.2 Å². The Bertz CT molecular complexity index is 414. The number of nitrogens with zero attached hydrogens (tertiary/aromatic N) is 1. The smallest absolute Gasteiger partial charge is 0.186 e. The van der Waals surface area contributed by atoms with Crippen molar-refractivity contribution in [3.8, 4) is 5.75 Å². The molecule has 0 aromatic heterocycles. The summed E-state index contributed by atoms with van der Waals surface area (Å²) in [5, 5.41) is 10.2. The maximum atomic E-state index is 9.50. The Morgan fingerprint density at radius 2 is 2.06 bits per heavy atom. The van der Waals surface area contributed by atoms with E-state index in [1.54, 1.807) is 18.2 Å². The molecule has 1 atom stereocenters. The Balaban J connectivity index is 0.00000289. The number of hydrogen-bond acceptors (Lipinski definition) is 3. The van der Waals surface area contributed by atoms with E-state index in [0.717, 1.165) is 0 Å². The van der Waals surface area contributed by atoms with Gasteiger partial charge >= 0.3 is 0 Å². The van der Waals surface area contributed by atoms with Crippen LogP contribution >= 0.6 is 47.2 Å². The molecular weight excluding hydrogens is 392 g/mol. The number of ether oxygens (including phenoxy) is 1. The molecule has 102 valence electrons. The molecule has 0 saturated carbocycles. The number of halogens is 3. The van der Waals surface area contributed by atoms with Gasteiger partial charge in [-0.15, -0.1) is 24.0 Å². The summed E-state index contributed by atoms with van der Waals surface area (Å²) in [6.45, 7) is 0.0946. The molecule has 1 aromatic carbocycles. The van der Waals surface area contributed by atoms with Crippen LogP contribution in [0.1, 0.15) is 0 Å². The van der Waals surface area contributed by atoms with Crippen molar-refractivity contribution in [3.05, 3.63) is 28.2 Å². The highest BCUT2D eigenvalue weighted by atomic mass is 127. The summed E-state index contributed by atoms with van der Waals surface area (Å²) in [7, 11) is 0. The van der Waals surface area contributed by atoms with Crippen molar-refractivity contribution in [2.75, 3.05) is 13.2 Å². The van der Waals surface area contributed by atoms with Gasteiger partial charge in [0.2, 0.25) is 0 Å². The van der Waals surface area contributed by atoms with E-state index >= 15 is 0 Å². The lowest BCUT2D eigenvalue weighted by atomic mass is 10.3. The summed E-state index contributed by atoms with van der Waals surface area (Å²) in [5.74, 6) is 0.327. The molecule has 1 aromatic rings. The minimum atomic E-state index is -0.813. The van der Waals surface area contributed by atoms with E-state index in [9.17, 15) is 5.11 Å². The number of guanidine groups is 1. The highest BCUT2D eigenvalue weighted by Crippen LogP contribution is 2.31. The first-order chi connectivity index (χ1) is 8.00. The summed E-state index contributed by atoms with van der Waals surface area (Å²) >= 11 is 11.7. The second-order valence-electron chi connectivity index (χ2n) is 3.28. The topological polar surface area (TPSA) is 93.9 Å². The Morgan fingerprint density at radius 3 is 2.67 bits per heavy atom. The third-order valence-corrected chi connectivity index (χ3v) is 2.63. The maximum absolute atomic E-state index is 9.50. The molecule has 0 bridgehead atoms. The van der Waals surface area contributed by atoms with E-state index in [0.29, 0.717) is 15.8 Å². The van der Waals surface area contributed by atoms with Gasteiger partial charge in [-0.25, -0.2) is 0 Å².